The Balaban J connectivity index is 2.68. The van der Waals surface area contributed by atoms with Gasteiger partial charge in [0, 0.05) is 11.8 Å². The molecule has 5 heteroatoms. The van der Waals surface area contributed by atoms with Gasteiger partial charge in [-0.05, 0) is 62.3 Å². The normalized spacial score (nSPS) is 19.3. The first-order valence-corrected chi connectivity index (χ1v) is 11.9. The van der Waals surface area contributed by atoms with Crippen LogP contribution in [-0.2, 0) is 14.6 Å². The smallest absolute Gasteiger partial charge is 0.185 e. The van der Waals surface area contributed by atoms with Crippen LogP contribution in [0.25, 0.3) is 0 Å². The number of hydrogen-bond donors (Lipinski definition) is 0. The van der Waals surface area contributed by atoms with E-state index in [-0.39, 0.29) is 11.2 Å². The number of ketones is 1. The van der Waals surface area contributed by atoms with Gasteiger partial charge in [0.2, 0.25) is 0 Å². The molecule has 0 spiro atoms. The summed E-state index contributed by atoms with van der Waals surface area (Å²) in [6, 6.07) is 7.00. The summed E-state index contributed by atoms with van der Waals surface area (Å²) < 4.78 is 27.3. The molecule has 0 heterocycles. The molecule has 0 N–H and O–H groups in total. The number of allylic oxidation sites excluding steroid dienone is 3. The molecule has 1 aromatic carbocycles. The van der Waals surface area contributed by atoms with Gasteiger partial charge in [0.15, 0.2) is 15.6 Å². The number of sulfone groups is 1. The second kappa shape index (κ2) is 8.44. The van der Waals surface area contributed by atoms with Gasteiger partial charge in [-0.15, -0.1) is 0 Å². The molecule has 1 aliphatic carbocycles. The summed E-state index contributed by atoms with van der Waals surface area (Å²) in [7, 11) is -3.62. The molecule has 0 aromatic heterocycles. The zero-order valence-electron chi connectivity index (χ0n) is 16.8. The van der Waals surface area contributed by atoms with E-state index in [1.165, 1.54) is 0 Å². The van der Waals surface area contributed by atoms with Gasteiger partial charge >= 0.3 is 0 Å². The standard InChI is InChI=1S/C22H29BrO3S/c1-15-6-8-18(9-7-15)27(25,26)20(14-16(2)11-13-23)21-17(3)19(24)10-12-22(21,4)5/h6-9,11,20H,10,12-14H2,1-5H3/b16-11+. The van der Waals surface area contributed by atoms with Gasteiger partial charge in [-0.25, -0.2) is 8.42 Å². The van der Waals surface area contributed by atoms with Gasteiger partial charge in [-0.2, -0.15) is 0 Å². The average molecular weight is 453 g/mol. The number of halogens is 1. The van der Waals surface area contributed by atoms with E-state index in [0.29, 0.717) is 35.1 Å². The van der Waals surface area contributed by atoms with E-state index >= 15 is 0 Å². The molecular weight excluding hydrogens is 424 g/mol. The van der Waals surface area contributed by atoms with Crippen LogP contribution in [0.3, 0.4) is 0 Å². The number of benzene rings is 1. The Hall–Kier alpha value is -1.20. The van der Waals surface area contributed by atoms with Gasteiger partial charge in [-0.3, -0.25) is 4.79 Å². The zero-order chi connectivity index (χ0) is 20.4. The molecule has 1 aromatic rings. The molecule has 1 aliphatic rings. The van der Waals surface area contributed by atoms with Crippen molar-refractivity contribution in [2.45, 2.75) is 64.0 Å². The molecule has 1 atom stereocenters. The van der Waals surface area contributed by atoms with Gasteiger partial charge < -0.3 is 0 Å². The topological polar surface area (TPSA) is 51.2 Å². The van der Waals surface area contributed by atoms with E-state index < -0.39 is 15.1 Å². The Kier molecular flexibility index (Phi) is 6.91. The summed E-state index contributed by atoms with van der Waals surface area (Å²) in [6.45, 7) is 9.79. The number of hydrogen-bond acceptors (Lipinski definition) is 3. The van der Waals surface area contributed by atoms with Crippen molar-refractivity contribution in [2.24, 2.45) is 5.41 Å². The molecule has 148 valence electrons. The maximum Gasteiger partial charge on any atom is 0.185 e. The van der Waals surface area contributed by atoms with Crippen molar-refractivity contribution in [3.63, 3.8) is 0 Å². The van der Waals surface area contributed by atoms with E-state index in [0.717, 1.165) is 16.7 Å². The zero-order valence-corrected chi connectivity index (χ0v) is 19.2. The summed E-state index contributed by atoms with van der Waals surface area (Å²) in [5.74, 6) is 0.0653. The summed E-state index contributed by atoms with van der Waals surface area (Å²) in [6.07, 6.45) is 3.55. The van der Waals surface area contributed by atoms with Crippen LogP contribution >= 0.6 is 15.9 Å². The van der Waals surface area contributed by atoms with E-state index in [1.54, 1.807) is 19.1 Å². The quantitative estimate of drug-likeness (QED) is 0.418. The van der Waals surface area contributed by atoms with Crippen LogP contribution < -0.4 is 0 Å². The molecule has 0 aliphatic heterocycles. The summed E-state index contributed by atoms with van der Waals surface area (Å²) in [5.41, 5.74) is 3.10. The third kappa shape index (κ3) is 4.80. The highest BCUT2D eigenvalue weighted by Gasteiger charge is 2.42. The Morgan fingerprint density at radius 1 is 1.22 bits per heavy atom. The first-order chi connectivity index (χ1) is 12.5. The summed E-state index contributed by atoms with van der Waals surface area (Å²) in [5, 5.41) is -0.0500. The van der Waals surface area contributed by atoms with Crippen LogP contribution in [0.2, 0.25) is 0 Å². The molecular formula is C22H29BrO3S. The molecule has 27 heavy (non-hydrogen) atoms. The Bertz CT molecular complexity index is 875. The van der Waals surface area contributed by atoms with Crippen molar-refractivity contribution in [2.75, 3.05) is 5.33 Å². The average Bonchev–Trinajstić information content (AvgIpc) is 2.58. The van der Waals surface area contributed by atoms with Crippen LogP contribution in [0.1, 0.15) is 52.5 Å². The highest BCUT2D eigenvalue weighted by Crippen LogP contribution is 2.45. The number of Topliss-reactive ketones (excluding diaryl/α,β-unsaturated/α-hetero) is 1. The van der Waals surface area contributed by atoms with E-state index in [1.807, 2.05) is 32.1 Å². The molecule has 0 fully saturated rings. The van der Waals surface area contributed by atoms with E-state index in [9.17, 15) is 13.2 Å². The third-order valence-electron chi connectivity index (χ3n) is 5.51. The predicted octanol–water partition coefficient (Wildman–Crippen LogP) is 5.57. The molecule has 0 saturated heterocycles. The van der Waals surface area contributed by atoms with Crippen LogP contribution in [-0.4, -0.2) is 24.8 Å². The van der Waals surface area contributed by atoms with Crippen molar-refractivity contribution < 1.29 is 13.2 Å². The van der Waals surface area contributed by atoms with Crippen LogP contribution in [0.5, 0.6) is 0 Å². The fourth-order valence-corrected chi connectivity index (χ4v) is 6.53. The van der Waals surface area contributed by atoms with Gasteiger partial charge in [0.25, 0.3) is 0 Å². The van der Waals surface area contributed by atoms with Crippen molar-refractivity contribution >= 4 is 31.6 Å². The van der Waals surface area contributed by atoms with Crippen molar-refractivity contribution in [3.05, 3.63) is 52.6 Å². The largest absolute Gasteiger partial charge is 0.295 e. The number of carbonyl (C=O) groups is 1. The Morgan fingerprint density at radius 3 is 2.37 bits per heavy atom. The lowest BCUT2D eigenvalue weighted by Crippen LogP contribution is -2.37. The lowest BCUT2D eigenvalue weighted by Gasteiger charge is -2.38. The van der Waals surface area contributed by atoms with E-state index in [2.05, 4.69) is 29.8 Å². The van der Waals surface area contributed by atoms with Gasteiger partial charge in [-0.1, -0.05) is 59.1 Å². The first kappa shape index (κ1) is 22.1. The molecule has 0 bridgehead atoms. The highest BCUT2D eigenvalue weighted by atomic mass is 79.9. The first-order valence-electron chi connectivity index (χ1n) is 9.27. The Labute approximate surface area is 172 Å². The minimum absolute atomic E-state index is 0.0653. The van der Waals surface area contributed by atoms with Crippen LogP contribution in [0.15, 0.2) is 52.0 Å². The van der Waals surface area contributed by atoms with Crippen molar-refractivity contribution in [1.29, 1.82) is 0 Å². The van der Waals surface area contributed by atoms with Crippen molar-refractivity contribution in [1.82, 2.24) is 0 Å². The highest BCUT2D eigenvalue weighted by molar-refractivity contribution is 9.09. The third-order valence-corrected chi connectivity index (χ3v) is 7.91. The molecule has 0 radical (unpaired) electrons. The van der Waals surface area contributed by atoms with Crippen LogP contribution in [0, 0.1) is 12.3 Å². The second-order valence-corrected chi connectivity index (χ2v) is 10.9. The maximum atomic E-state index is 13.6. The lowest BCUT2D eigenvalue weighted by atomic mass is 9.70. The molecule has 0 amide bonds. The Morgan fingerprint density at radius 2 is 1.81 bits per heavy atom. The molecule has 3 nitrogen and oxygen atoms in total. The van der Waals surface area contributed by atoms with Crippen molar-refractivity contribution in [3.8, 4) is 0 Å². The minimum atomic E-state index is -3.62. The molecule has 2 rings (SSSR count). The molecule has 0 saturated carbocycles. The number of alkyl halides is 1. The number of rotatable bonds is 6. The molecule has 1 unspecified atom stereocenters. The number of aryl methyl sites for hydroxylation is 1. The summed E-state index contributed by atoms with van der Waals surface area (Å²) in [4.78, 5) is 12.8. The fraction of sp³-hybridized carbons (Fsp3) is 0.500. The summed E-state index contributed by atoms with van der Waals surface area (Å²) >= 11 is 3.39. The fourth-order valence-electron chi connectivity index (χ4n) is 3.85. The maximum absolute atomic E-state index is 13.6. The SMILES string of the molecule is CC1=C(C(C/C(C)=C/CBr)S(=O)(=O)c2ccc(C)cc2)C(C)(C)CCC1=O. The number of carbonyl (C=O) groups excluding carboxylic acids is 1. The van der Waals surface area contributed by atoms with E-state index in [4.69, 9.17) is 0 Å². The minimum Gasteiger partial charge on any atom is -0.295 e. The van der Waals surface area contributed by atoms with Crippen LogP contribution in [0.4, 0.5) is 0 Å². The van der Waals surface area contributed by atoms with Gasteiger partial charge in [0.05, 0.1) is 10.1 Å². The predicted molar refractivity (Wildman–Crippen MR) is 115 cm³/mol. The monoisotopic (exact) mass is 452 g/mol. The lowest BCUT2D eigenvalue weighted by molar-refractivity contribution is -0.116. The van der Waals surface area contributed by atoms with Gasteiger partial charge in [0.1, 0.15) is 0 Å². The second-order valence-electron chi connectivity index (χ2n) is 8.10.